The fraction of sp³-hybridized carbons (Fsp3) is 0.455. The highest BCUT2D eigenvalue weighted by molar-refractivity contribution is 5.94. The van der Waals surface area contributed by atoms with Crippen molar-refractivity contribution in [1.29, 1.82) is 0 Å². The lowest BCUT2D eigenvalue weighted by Gasteiger charge is -2.41. The van der Waals surface area contributed by atoms with Crippen molar-refractivity contribution in [2.45, 2.75) is 45.7 Å². The number of pyridine rings is 1. The summed E-state index contributed by atoms with van der Waals surface area (Å²) in [6, 6.07) is 9.78. The fourth-order valence-corrected chi connectivity index (χ4v) is 4.23. The second-order valence-corrected chi connectivity index (χ2v) is 7.69. The minimum atomic E-state index is 0.0704. The predicted octanol–water partition coefficient (Wildman–Crippen LogP) is 4.28. The fourth-order valence-electron chi connectivity index (χ4n) is 4.23. The predicted molar refractivity (Wildman–Crippen MR) is 103 cm³/mol. The molecule has 0 saturated heterocycles. The Morgan fingerprint density at radius 3 is 2.70 bits per heavy atom. The first-order chi connectivity index (χ1) is 13.1. The van der Waals surface area contributed by atoms with Gasteiger partial charge < -0.3 is 14.4 Å². The zero-order chi connectivity index (χ0) is 18.8. The Hall–Kier alpha value is -2.56. The zero-order valence-electron chi connectivity index (χ0n) is 15.9. The number of amides is 1. The molecule has 0 unspecified atom stereocenters. The average Bonchev–Trinajstić information content (AvgIpc) is 3.16. The van der Waals surface area contributed by atoms with Crippen molar-refractivity contribution in [3.63, 3.8) is 0 Å². The second kappa shape index (κ2) is 7.59. The second-order valence-electron chi connectivity index (χ2n) is 7.69. The molecule has 2 heterocycles. The summed E-state index contributed by atoms with van der Waals surface area (Å²) in [6.07, 6.45) is 6.81. The first-order valence-electron chi connectivity index (χ1n) is 9.73. The van der Waals surface area contributed by atoms with E-state index in [-0.39, 0.29) is 18.7 Å². The molecule has 142 valence electrons. The number of rotatable bonds is 4. The Balaban J connectivity index is 1.64. The number of benzene rings is 1. The molecule has 2 aromatic rings. The third-order valence-electron chi connectivity index (χ3n) is 6.04. The normalized spacial score (nSPS) is 23.9. The highest BCUT2D eigenvalue weighted by Gasteiger charge is 2.34. The molecule has 1 aliphatic heterocycles. The topological polar surface area (TPSA) is 51.7 Å². The molecule has 0 spiro atoms. The van der Waals surface area contributed by atoms with Crippen LogP contribution in [-0.2, 0) is 6.54 Å². The van der Waals surface area contributed by atoms with Gasteiger partial charge in [-0.25, -0.2) is 0 Å². The first-order valence-corrected chi connectivity index (χ1v) is 9.73. The van der Waals surface area contributed by atoms with Crippen molar-refractivity contribution in [2.24, 2.45) is 11.8 Å². The van der Waals surface area contributed by atoms with Crippen molar-refractivity contribution in [3.8, 4) is 11.5 Å². The number of fused-ring (bicyclic) bond motifs is 1. The summed E-state index contributed by atoms with van der Waals surface area (Å²) in [5.41, 5.74) is 1.75. The summed E-state index contributed by atoms with van der Waals surface area (Å²) >= 11 is 0. The van der Waals surface area contributed by atoms with E-state index in [4.69, 9.17) is 9.47 Å². The van der Waals surface area contributed by atoms with Gasteiger partial charge >= 0.3 is 0 Å². The van der Waals surface area contributed by atoms with Gasteiger partial charge in [-0.1, -0.05) is 32.8 Å². The van der Waals surface area contributed by atoms with Gasteiger partial charge in [-0.15, -0.1) is 0 Å². The van der Waals surface area contributed by atoms with Crippen molar-refractivity contribution in [2.75, 3.05) is 6.79 Å². The summed E-state index contributed by atoms with van der Waals surface area (Å²) < 4.78 is 10.9. The smallest absolute Gasteiger partial charge is 0.254 e. The van der Waals surface area contributed by atoms with E-state index in [1.807, 2.05) is 23.1 Å². The zero-order valence-corrected chi connectivity index (χ0v) is 15.9. The van der Waals surface area contributed by atoms with Crippen molar-refractivity contribution in [1.82, 2.24) is 9.88 Å². The molecule has 1 aliphatic carbocycles. The monoisotopic (exact) mass is 366 g/mol. The molecule has 1 saturated carbocycles. The Morgan fingerprint density at radius 1 is 1.11 bits per heavy atom. The highest BCUT2D eigenvalue weighted by Crippen LogP contribution is 2.36. The van der Waals surface area contributed by atoms with E-state index in [0.717, 1.165) is 29.9 Å². The van der Waals surface area contributed by atoms with Gasteiger partial charge in [0.25, 0.3) is 5.91 Å². The number of aromatic nitrogens is 1. The maximum absolute atomic E-state index is 13.4. The lowest BCUT2D eigenvalue weighted by Crippen LogP contribution is -2.46. The van der Waals surface area contributed by atoms with Gasteiger partial charge in [-0.2, -0.15) is 0 Å². The van der Waals surface area contributed by atoms with Crippen LogP contribution in [0.2, 0.25) is 0 Å². The van der Waals surface area contributed by atoms with E-state index < -0.39 is 0 Å². The molecule has 1 aromatic carbocycles. The number of nitrogens with zero attached hydrogens (tertiary/aromatic N) is 2. The van der Waals surface area contributed by atoms with Crippen molar-refractivity contribution < 1.29 is 14.3 Å². The standard InChI is InChI=1S/C22H26N2O3/c1-15-4-3-5-19(16(15)2)24(22(25)18-8-10-23-11-9-18)13-17-6-7-20-21(12-17)27-14-26-20/h6-12,15-16,19H,3-5,13-14H2,1-2H3/t15-,16+,19+/m1/s1. The molecule has 5 heteroatoms. The van der Waals surface area contributed by atoms with E-state index in [1.54, 1.807) is 24.5 Å². The maximum atomic E-state index is 13.4. The molecule has 2 aliphatic rings. The SMILES string of the molecule is C[C@H]1[C@H](C)CCC[C@@H]1N(Cc1ccc2c(c1)OCO2)C(=O)c1ccncc1. The summed E-state index contributed by atoms with van der Waals surface area (Å²) in [6.45, 7) is 5.41. The summed E-state index contributed by atoms with van der Waals surface area (Å²) in [5.74, 6) is 2.69. The van der Waals surface area contributed by atoms with Crippen LogP contribution in [0, 0.1) is 11.8 Å². The minimum Gasteiger partial charge on any atom is -0.454 e. The van der Waals surface area contributed by atoms with Gasteiger partial charge in [-0.05, 0) is 48.1 Å². The molecule has 1 aromatic heterocycles. The third-order valence-corrected chi connectivity index (χ3v) is 6.04. The lowest BCUT2D eigenvalue weighted by molar-refractivity contribution is 0.0449. The lowest BCUT2D eigenvalue weighted by atomic mass is 9.77. The van der Waals surface area contributed by atoms with Gasteiger partial charge in [0, 0.05) is 30.5 Å². The van der Waals surface area contributed by atoms with Crippen molar-refractivity contribution in [3.05, 3.63) is 53.9 Å². The summed E-state index contributed by atoms with van der Waals surface area (Å²) in [5, 5.41) is 0. The molecule has 0 radical (unpaired) electrons. The van der Waals surface area contributed by atoms with Crippen molar-refractivity contribution >= 4 is 5.91 Å². The molecule has 3 atom stereocenters. The van der Waals surface area contributed by atoms with Gasteiger partial charge in [-0.3, -0.25) is 9.78 Å². The Morgan fingerprint density at radius 2 is 1.89 bits per heavy atom. The Bertz CT molecular complexity index is 808. The number of hydrogen-bond donors (Lipinski definition) is 0. The van der Waals surface area contributed by atoms with Crippen LogP contribution in [0.15, 0.2) is 42.7 Å². The molecular formula is C22H26N2O3. The summed E-state index contributed by atoms with van der Waals surface area (Å²) in [7, 11) is 0. The van der Waals surface area contributed by atoms with Gasteiger partial charge in [0.2, 0.25) is 6.79 Å². The maximum Gasteiger partial charge on any atom is 0.254 e. The van der Waals surface area contributed by atoms with Crippen LogP contribution in [0.5, 0.6) is 11.5 Å². The molecule has 1 fully saturated rings. The Labute approximate surface area is 160 Å². The van der Waals surface area contributed by atoms with Crippen LogP contribution in [0.4, 0.5) is 0 Å². The van der Waals surface area contributed by atoms with Gasteiger partial charge in [0.05, 0.1) is 0 Å². The van der Waals surface area contributed by atoms with E-state index in [0.29, 0.717) is 23.9 Å². The highest BCUT2D eigenvalue weighted by atomic mass is 16.7. The van der Waals surface area contributed by atoms with Crippen LogP contribution in [0.3, 0.4) is 0 Å². The summed E-state index contributed by atoms with van der Waals surface area (Å²) in [4.78, 5) is 19.5. The molecule has 27 heavy (non-hydrogen) atoms. The van der Waals surface area contributed by atoms with Crippen LogP contribution < -0.4 is 9.47 Å². The first kappa shape index (κ1) is 17.8. The van der Waals surface area contributed by atoms with Crippen LogP contribution in [0.25, 0.3) is 0 Å². The van der Waals surface area contributed by atoms with E-state index >= 15 is 0 Å². The molecule has 5 nitrogen and oxygen atoms in total. The van der Waals surface area contributed by atoms with Crippen LogP contribution in [0.1, 0.15) is 49.0 Å². The number of hydrogen-bond acceptors (Lipinski definition) is 4. The number of carbonyl (C=O) groups is 1. The van der Waals surface area contributed by atoms with Gasteiger partial charge in [0.15, 0.2) is 11.5 Å². The molecule has 1 amide bonds. The molecular weight excluding hydrogens is 340 g/mol. The molecule has 0 bridgehead atoms. The number of ether oxygens (including phenoxy) is 2. The van der Waals surface area contributed by atoms with Crippen LogP contribution >= 0.6 is 0 Å². The minimum absolute atomic E-state index is 0.0704. The average molecular weight is 366 g/mol. The molecule has 4 rings (SSSR count). The largest absolute Gasteiger partial charge is 0.454 e. The van der Waals surface area contributed by atoms with E-state index in [2.05, 4.69) is 18.8 Å². The quantitative estimate of drug-likeness (QED) is 0.810. The van der Waals surface area contributed by atoms with Crippen LogP contribution in [-0.4, -0.2) is 28.6 Å². The van der Waals surface area contributed by atoms with Gasteiger partial charge in [0.1, 0.15) is 0 Å². The number of carbonyl (C=O) groups excluding carboxylic acids is 1. The van der Waals surface area contributed by atoms with E-state index in [9.17, 15) is 4.79 Å². The molecule has 0 N–H and O–H groups in total. The third kappa shape index (κ3) is 3.64. The van der Waals surface area contributed by atoms with E-state index in [1.165, 1.54) is 6.42 Å². The Kier molecular flexibility index (Phi) is 5.01.